The number of ketones is 1. The van der Waals surface area contributed by atoms with Gasteiger partial charge in [0.2, 0.25) is 0 Å². The number of carbonyl (C=O) groups excluding carboxylic acids is 1. The van der Waals surface area contributed by atoms with E-state index in [1.165, 1.54) is 6.07 Å². The largest absolute Gasteiger partial charge is 0.293 e. The van der Waals surface area contributed by atoms with E-state index >= 15 is 0 Å². The van der Waals surface area contributed by atoms with Crippen LogP contribution in [0.25, 0.3) is 0 Å². The van der Waals surface area contributed by atoms with Crippen LogP contribution in [0.15, 0.2) is 12.1 Å². The van der Waals surface area contributed by atoms with E-state index in [1.807, 2.05) is 0 Å². The molecule has 0 saturated heterocycles. The molecule has 0 heterocycles. The van der Waals surface area contributed by atoms with Crippen molar-refractivity contribution >= 4 is 23.1 Å². The molecule has 0 bridgehead atoms. The molecule has 1 aromatic rings. The molecule has 0 atom stereocenters. The van der Waals surface area contributed by atoms with E-state index in [2.05, 4.69) is 0 Å². The number of aryl methyl sites for hydroxylation is 1. The number of nitro benzene ring substituents is 1. The molecule has 0 saturated carbocycles. The van der Waals surface area contributed by atoms with Crippen LogP contribution in [0, 0.1) is 28.4 Å². The number of carbonyl (C=O) groups is 1. The van der Waals surface area contributed by atoms with Gasteiger partial charge in [-0.2, -0.15) is 5.26 Å². The first kappa shape index (κ1) is 12.1. The van der Waals surface area contributed by atoms with E-state index in [9.17, 15) is 14.9 Å². The third-order valence-corrected chi connectivity index (χ3v) is 2.32. The Morgan fingerprint density at radius 3 is 2.69 bits per heavy atom. The highest BCUT2D eigenvalue weighted by Crippen LogP contribution is 2.23. The Morgan fingerprint density at radius 2 is 2.25 bits per heavy atom. The van der Waals surface area contributed by atoms with E-state index in [0.717, 1.165) is 6.07 Å². The Morgan fingerprint density at radius 1 is 1.62 bits per heavy atom. The lowest BCUT2D eigenvalue weighted by Gasteiger charge is -2.03. The van der Waals surface area contributed by atoms with Crippen molar-refractivity contribution in [1.82, 2.24) is 0 Å². The zero-order valence-corrected chi connectivity index (χ0v) is 9.11. The predicted molar refractivity (Wildman–Crippen MR) is 57.6 cm³/mol. The number of hydrogen-bond donors (Lipinski definition) is 0. The zero-order chi connectivity index (χ0) is 12.3. The maximum absolute atomic E-state index is 11.4. The number of hydrogen-bond acceptors (Lipinski definition) is 4. The molecule has 16 heavy (non-hydrogen) atoms. The van der Waals surface area contributed by atoms with Gasteiger partial charge in [-0.25, -0.2) is 0 Å². The first-order valence-corrected chi connectivity index (χ1v) is 4.83. The van der Waals surface area contributed by atoms with E-state index in [1.54, 1.807) is 13.0 Å². The molecule has 0 aliphatic carbocycles. The van der Waals surface area contributed by atoms with Gasteiger partial charge in [-0.3, -0.25) is 14.9 Å². The SMILES string of the molecule is Cc1cc(C#N)c([N+](=O)[O-])cc1C(=O)CCl. The van der Waals surface area contributed by atoms with Crippen LogP contribution in [-0.4, -0.2) is 16.6 Å². The molecule has 0 unspecified atom stereocenters. The number of nitriles is 1. The van der Waals surface area contributed by atoms with Crippen LogP contribution in [0.4, 0.5) is 5.69 Å². The summed E-state index contributed by atoms with van der Waals surface area (Å²) in [5, 5.41) is 19.4. The van der Waals surface area contributed by atoms with Crippen LogP contribution in [0.2, 0.25) is 0 Å². The number of nitrogens with zero attached hydrogens (tertiary/aromatic N) is 2. The van der Waals surface area contributed by atoms with Gasteiger partial charge in [0.1, 0.15) is 11.6 Å². The number of Topliss-reactive ketones (excluding diaryl/α,β-unsaturated/α-hetero) is 1. The minimum atomic E-state index is -0.691. The van der Waals surface area contributed by atoms with Crippen LogP contribution in [0.3, 0.4) is 0 Å². The fourth-order valence-electron chi connectivity index (χ4n) is 1.31. The Kier molecular flexibility index (Phi) is 3.59. The first-order valence-electron chi connectivity index (χ1n) is 4.29. The average molecular weight is 239 g/mol. The summed E-state index contributed by atoms with van der Waals surface area (Å²) in [7, 11) is 0. The lowest BCUT2D eigenvalue weighted by molar-refractivity contribution is -0.385. The predicted octanol–water partition coefficient (Wildman–Crippen LogP) is 2.20. The number of rotatable bonds is 3. The van der Waals surface area contributed by atoms with Gasteiger partial charge in [0.25, 0.3) is 5.69 Å². The molecule has 82 valence electrons. The van der Waals surface area contributed by atoms with Crippen LogP contribution in [0.1, 0.15) is 21.5 Å². The summed E-state index contributed by atoms with van der Waals surface area (Å²) in [5.41, 5.74) is 0.253. The monoisotopic (exact) mass is 238 g/mol. The molecule has 0 aliphatic rings. The van der Waals surface area contributed by atoms with Crippen molar-refractivity contribution in [2.24, 2.45) is 0 Å². The highest BCUT2D eigenvalue weighted by atomic mass is 35.5. The van der Waals surface area contributed by atoms with Crippen molar-refractivity contribution in [3.63, 3.8) is 0 Å². The summed E-state index contributed by atoms with van der Waals surface area (Å²) in [6, 6.07) is 4.13. The van der Waals surface area contributed by atoms with E-state index in [-0.39, 0.29) is 22.7 Å². The van der Waals surface area contributed by atoms with Crippen molar-refractivity contribution in [3.8, 4) is 6.07 Å². The fourth-order valence-corrected chi connectivity index (χ4v) is 1.45. The molecule has 5 nitrogen and oxygen atoms in total. The van der Waals surface area contributed by atoms with Crippen molar-refractivity contribution in [3.05, 3.63) is 38.9 Å². The van der Waals surface area contributed by atoms with Gasteiger partial charge in [0.15, 0.2) is 5.78 Å². The van der Waals surface area contributed by atoms with Crippen LogP contribution < -0.4 is 0 Å². The molecule has 1 rings (SSSR count). The summed E-state index contributed by atoms with van der Waals surface area (Å²) in [6.07, 6.45) is 0. The molecule has 0 amide bonds. The van der Waals surface area contributed by atoms with Crippen molar-refractivity contribution in [2.45, 2.75) is 6.92 Å². The summed E-state index contributed by atoms with van der Waals surface area (Å²) in [4.78, 5) is 21.3. The number of nitro groups is 1. The van der Waals surface area contributed by atoms with E-state index in [4.69, 9.17) is 16.9 Å². The van der Waals surface area contributed by atoms with E-state index < -0.39 is 10.7 Å². The molecule has 0 radical (unpaired) electrons. The Bertz CT molecular complexity index is 506. The highest BCUT2D eigenvalue weighted by molar-refractivity contribution is 6.30. The Hall–Kier alpha value is -1.93. The normalized spacial score (nSPS) is 9.56. The van der Waals surface area contributed by atoms with Crippen LogP contribution >= 0.6 is 11.6 Å². The van der Waals surface area contributed by atoms with Gasteiger partial charge >= 0.3 is 0 Å². The summed E-state index contributed by atoms with van der Waals surface area (Å²) in [6.45, 7) is 1.60. The second-order valence-corrected chi connectivity index (χ2v) is 3.38. The molecular weight excluding hydrogens is 232 g/mol. The highest BCUT2D eigenvalue weighted by Gasteiger charge is 2.19. The van der Waals surface area contributed by atoms with Gasteiger partial charge in [0.05, 0.1) is 10.8 Å². The Labute approximate surface area is 96.4 Å². The van der Waals surface area contributed by atoms with Gasteiger partial charge in [-0.05, 0) is 18.6 Å². The molecule has 1 aromatic carbocycles. The minimum absolute atomic E-state index is 0.0615. The maximum Gasteiger partial charge on any atom is 0.287 e. The van der Waals surface area contributed by atoms with Gasteiger partial charge in [-0.15, -0.1) is 11.6 Å². The van der Waals surface area contributed by atoms with Crippen LogP contribution in [0.5, 0.6) is 0 Å². The van der Waals surface area contributed by atoms with Gasteiger partial charge in [0, 0.05) is 11.6 Å². The zero-order valence-electron chi connectivity index (χ0n) is 8.36. The second kappa shape index (κ2) is 4.73. The smallest absolute Gasteiger partial charge is 0.287 e. The summed E-state index contributed by atoms with van der Waals surface area (Å²) in [5.74, 6) is -0.643. The molecule has 0 N–H and O–H groups in total. The first-order chi connectivity index (χ1) is 7.51. The summed E-state index contributed by atoms with van der Waals surface area (Å²) < 4.78 is 0. The van der Waals surface area contributed by atoms with Gasteiger partial charge < -0.3 is 0 Å². The van der Waals surface area contributed by atoms with E-state index in [0.29, 0.717) is 5.56 Å². The standard InChI is InChI=1S/C10H7ClN2O3/c1-6-2-7(5-12)9(13(15)16)3-8(6)10(14)4-11/h2-3H,4H2,1H3. The third-order valence-electron chi connectivity index (χ3n) is 2.08. The number of halogens is 1. The maximum atomic E-state index is 11.4. The molecule has 0 aromatic heterocycles. The molecule has 0 aliphatic heterocycles. The second-order valence-electron chi connectivity index (χ2n) is 3.11. The Balaban J connectivity index is 3.46. The molecule has 6 heteroatoms. The minimum Gasteiger partial charge on any atom is -0.293 e. The van der Waals surface area contributed by atoms with Crippen molar-refractivity contribution in [2.75, 3.05) is 5.88 Å². The van der Waals surface area contributed by atoms with Gasteiger partial charge in [-0.1, -0.05) is 0 Å². The lowest BCUT2D eigenvalue weighted by atomic mass is 10.0. The quantitative estimate of drug-likeness (QED) is 0.350. The van der Waals surface area contributed by atoms with Crippen molar-refractivity contribution < 1.29 is 9.72 Å². The number of benzene rings is 1. The van der Waals surface area contributed by atoms with Crippen molar-refractivity contribution in [1.29, 1.82) is 5.26 Å². The lowest BCUT2D eigenvalue weighted by Crippen LogP contribution is -2.05. The molecular formula is C10H7ClN2O3. The molecule has 0 fully saturated rings. The summed E-state index contributed by atoms with van der Waals surface area (Å²) >= 11 is 5.38. The fraction of sp³-hybridized carbons (Fsp3) is 0.200. The third kappa shape index (κ3) is 2.18. The topological polar surface area (TPSA) is 84.0 Å². The average Bonchev–Trinajstić information content (AvgIpc) is 2.27. The molecule has 0 spiro atoms. The van der Waals surface area contributed by atoms with Crippen LogP contribution in [-0.2, 0) is 0 Å². The number of alkyl halides is 1.